The zero-order chi connectivity index (χ0) is 17.1. The van der Waals surface area contributed by atoms with E-state index in [2.05, 4.69) is 24.8 Å². The molecule has 24 heavy (non-hydrogen) atoms. The fourth-order valence-corrected chi connectivity index (χ4v) is 2.90. The van der Waals surface area contributed by atoms with Crippen LogP contribution in [0.2, 0.25) is 0 Å². The molecule has 3 aromatic rings. The lowest BCUT2D eigenvalue weighted by molar-refractivity contribution is 0.111. The minimum Gasteiger partial charge on any atom is -0.508 e. The standard InChI is InChI=1S/C19H23N3O2/c1-3-21(13-18(24)15-7-4-8-17(23)10-15)11-16-12-22-9-5-6-14(2)19(22)20-16/h4-10,12,18,23-24H,3,11,13H2,1-2H3/t18-/m1/s1. The largest absolute Gasteiger partial charge is 0.508 e. The van der Waals surface area contributed by atoms with Gasteiger partial charge < -0.3 is 14.6 Å². The van der Waals surface area contributed by atoms with E-state index in [9.17, 15) is 10.2 Å². The van der Waals surface area contributed by atoms with Gasteiger partial charge in [0.05, 0.1) is 11.8 Å². The number of fused-ring (bicyclic) bond motifs is 1. The molecule has 0 amide bonds. The number of pyridine rings is 1. The van der Waals surface area contributed by atoms with Gasteiger partial charge in [-0.1, -0.05) is 25.1 Å². The molecule has 0 aliphatic rings. The fraction of sp³-hybridized carbons (Fsp3) is 0.316. The highest BCUT2D eigenvalue weighted by atomic mass is 16.3. The summed E-state index contributed by atoms with van der Waals surface area (Å²) in [7, 11) is 0. The van der Waals surface area contributed by atoms with Gasteiger partial charge in [0.15, 0.2) is 0 Å². The topological polar surface area (TPSA) is 61.0 Å². The highest BCUT2D eigenvalue weighted by Gasteiger charge is 2.15. The first-order valence-corrected chi connectivity index (χ1v) is 8.19. The summed E-state index contributed by atoms with van der Waals surface area (Å²) in [4.78, 5) is 6.84. The summed E-state index contributed by atoms with van der Waals surface area (Å²) in [5, 5.41) is 20.0. The lowest BCUT2D eigenvalue weighted by Gasteiger charge is -2.23. The highest BCUT2D eigenvalue weighted by Crippen LogP contribution is 2.20. The Hall–Kier alpha value is -2.37. The van der Waals surface area contributed by atoms with Gasteiger partial charge in [-0.15, -0.1) is 0 Å². The van der Waals surface area contributed by atoms with Gasteiger partial charge in [0, 0.05) is 25.5 Å². The van der Waals surface area contributed by atoms with Crippen LogP contribution in [0.25, 0.3) is 5.65 Å². The second-order valence-electron chi connectivity index (χ2n) is 6.09. The molecule has 2 heterocycles. The lowest BCUT2D eigenvalue weighted by Crippen LogP contribution is -2.28. The van der Waals surface area contributed by atoms with Gasteiger partial charge >= 0.3 is 0 Å². The number of aliphatic hydroxyl groups is 1. The number of aromatic nitrogens is 2. The summed E-state index contributed by atoms with van der Waals surface area (Å²) in [6.45, 7) is 6.09. The third kappa shape index (κ3) is 3.58. The molecule has 5 heteroatoms. The van der Waals surface area contributed by atoms with E-state index in [4.69, 9.17) is 4.98 Å². The number of imidazole rings is 1. The lowest BCUT2D eigenvalue weighted by atomic mass is 10.1. The molecule has 3 rings (SSSR count). The Morgan fingerprint density at radius 2 is 2.08 bits per heavy atom. The van der Waals surface area contributed by atoms with Crippen molar-refractivity contribution in [1.82, 2.24) is 14.3 Å². The van der Waals surface area contributed by atoms with E-state index in [0.29, 0.717) is 13.1 Å². The van der Waals surface area contributed by atoms with E-state index in [-0.39, 0.29) is 5.75 Å². The number of rotatable bonds is 6. The zero-order valence-corrected chi connectivity index (χ0v) is 14.1. The number of hydrogen-bond acceptors (Lipinski definition) is 4. The average molecular weight is 325 g/mol. The van der Waals surface area contributed by atoms with Crippen molar-refractivity contribution in [2.75, 3.05) is 13.1 Å². The smallest absolute Gasteiger partial charge is 0.139 e. The Morgan fingerprint density at radius 3 is 2.79 bits per heavy atom. The molecule has 0 radical (unpaired) electrons. The maximum absolute atomic E-state index is 10.4. The van der Waals surface area contributed by atoms with Crippen molar-refractivity contribution in [3.8, 4) is 5.75 Å². The number of phenolic OH excluding ortho intramolecular Hbond substituents is 1. The van der Waals surface area contributed by atoms with E-state index in [0.717, 1.165) is 29.0 Å². The van der Waals surface area contributed by atoms with Gasteiger partial charge in [0.25, 0.3) is 0 Å². The predicted octanol–water partition coefficient (Wildman–Crippen LogP) is 2.90. The Balaban J connectivity index is 1.72. The van der Waals surface area contributed by atoms with Crippen LogP contribution in [0.1, 0.15) is 29.8 Å². The molecule has 0 saturated heterocycles. The van der Waals surface area contributed by atoms with Gasteiger partial charge in [-0.25, -0.2) is 4.98 Å². The van der Waals surface area contributed by atoms with Crippen molar-refractivity contribution in [2.45, 2.75) is 26.5 Å². The molecule has 126 valence electrons. The summed E-state index contributed by atoms with van der Waals surface area (Å²) in [5.41, 5.74) is 3.82. The van der Waals surface area contributed by atoms with Crippen LogP contribution in [0.3, 0.4) is 0 Å². The van der Waals surface area contributed by atoms with E-state index < -0.39 is 6.10 Å². The first-order chi connectivity index (χ1) is 11.6. The molecule has 0 bridgehead atoms. The molecule has 0 unspecified atom stereocenters. The molecule has 1 atom stereocenters. The number of aryl methyl sites for hydroxylation is 1. The van der Waals surface area contributed by atoms with Crippen molar-refractivity contribution >= 4 is 5.65 Å². The van der Waals surface area contributed by atoms with E-state index in [1.54, 1.807) is 18.2 Å². The quantitative estimate of drug-likeness (QED) is 0.731. The molecule has 5 nitrogen and oxygen atoms in total. The van der Waals surface area contributed by atoms with Gasteiger partial charge in [0.2, 0.25) is 0 Å². The number of aromatic hydroxyl groups is 1. The van der Waals surface area contributed by atoms with E-state index >= 15 is 0 Å². The van der Waals surface area contributed by atoms with Crippen LogP contribution < -0.4 is 0 Å². The Bertz CT molecular complexity index is 828. The first kappa shape index (κ1) is 16.5. The van der Waals surface area contributed by atoms with Crippen molar-refractivity contribution in [3.05, 3.63) is 65.6 Å². The summed E-state index contributed by atoms with van der Waals surface area (Å²) < 4.78 is 2.03. The van der Waals surface area contributed by atoms with Crippen LogP contribution in [0.5, 0.6) is 5.75 Å². The summed E-state index contributed by atoms with van der Waals surface area (Å²) in [6, 6.07) is 10.8. The SMILES string of the molecule is CCN(Cc1cn2cccc(C)c2n1)C[C@@H](O)c1cccc(O)c1. The van der Waals surface area contributed by atoms with Crippen LogP contribution in [-0.2, 0) is 6.54 Å². The molecule has 2 aromatic heterocycles. The van der Waals surface area contributed by atoms with Crippen LogP contribution in [0, 0.1) is 6.92 Å². The van der Waals surface area contributed by atoms with E-state index in [1.165, 1.54) is 0 Å². The number of nitrogens with zero attached hydrogens (tertiary/aromatic N) is 3. The van der Waals surface area contributed by atoms with Crippen molar-refractivity contribution in [3.63, 3.8) is 0 Å². The van der Waals surface area contributed by atoms with E-state index in [1.807, 2.05) is 28.9 Å². The monoisotopic (exact) mass is 325 g/mol. The zero-order valence-electron chi connectivity index (χ0n) is 14.1. The van der Waals surface area contributed by atoms with Gasteiger partial charge in [0.1, 0.15) is 11.4 Å². The number of phenols is 1. The number of likely N-dealkylation sites (N-methyl/N-ethyl adjacent to an activating group) is 1. The minimum absolute atomic E-state index is 0.172. The molecule has 0 fully saturated rings. The van der Waals surface area contributed by atoms with Crippen molar-refractivity contribution in [1.29, 1.82) is 0 Å². The Labute approximate surface area is 141 Å². The average Bonchev–Trinajstić information content (AvgIpc) is 2.98. The van der Waals surface area contributed by atoms with Crippen LogP contribution >= 0.6 is 0 Å². The highest BCUT2D eigenvalue weighted by molar-refractivity contribution is 5.47. The Morgan fingerprint density at radius 1 is 1.25 bits per heavy atom. The molecule has 0 aliphatic heterocycles. The third-order valence-corrected chi connectivity index (χ3v) is 4.25. The molecular weight excluding hydrogens is 302 g/mol. The molecule has 2 N–H and O–H groups in total. The molecule has 0 aliphatic carbocycles. The van der Waals surface area contributed by atoms with Gasteiger partial charge in [-0.2, -0.15) is 0 Å². The number of aliphatic hydroxyl groups excluding tert-OH is 1. The number of hydrogen-bond donors (Lipinski definition) is 2. The van der Waals surface area contributed by atoms with Crippen LogP contribution in [0.4, 0.5) is 0 Å². The molecule has 0 spiro atoms. The minimum atomic E-state index is -0.643. The van der Waals surface area contributed by atoms with Crippen molar-refractivity contribution < 1.29 is 10.2 Å². The summed E-state index contributed by atoms with van der Waals surface area (Å²) in [6.07, 6.45) is 3.39. The summed E-state index contributed by atoms with van der Waals surface area (Å²) >= 11 is 0. The number of benzene rings is 1. The van der Waals surface area contributed by atoms with Gasteiger partial charge in [-0.05, 0) is 42.8 Å². The molecule has 0 saturated carbocycles. The second kappa shape index (κ2) is 7.03. The maximum Gasteiger partial charge on any atom is 0.139 e. The van der Waals surface area contributed by atoms with Crippen molar-refractivity contribution in [2.24, 2.45) is 0 Å². The summed E-state index contributed by atoms with van der Waals surface area (Å²) in [5.74, 6) is 0.172. The third-order valence-electron chi connectivity index (χ3n) is 4.25. The van der Waals surface area contributed by atoms with Crippen LogP contribution in [0.15, 0.2) is 48.8 Å². The first-order valence-electron chi connectivity index (χ1n) is 8.19. The van der Waals surface area contributed by atoms with Gasteiger partial charge in [-0.3, -0.25) is 4.90 Å². The Kier molecular flexibility index (Phi) is 4.83. The normalized spacial score (nSPS) is 12.8. The predicted molar refractivity (Wildman–Crippen MR) is 93.9 cm³/mol. The van der Waals surface area contributed by atoms with Crippen LogP contribution in [-0.4, -0.2) is 37.6 Å². The second-order valence-corrected chi connectivity index (χ2v) is 6.09. The maximum atomic E-state index is 10.4. The molecule has 1 aromatic carbocycles. The fourth-order valence-electron chi connectivity index (χ4n) is 2.90. The molecular formula is C19H23N3O2.